The first-order valence-corrected chi connectivity index (χ1v) is 6.89. The van der Waals surface area contributed by atoms with Crippen LogP contribution in [0.3, 0.4) is 0 Å². The molecule has 4 heteroatoms. The maximum atomic E-state index is 11.7. The van der Waals surface area contributed by atoms with Crippen molar-refractivity contribution in [3.63, 3.8) is 0 Å². The zero-order valence-electron chi connectivity index (χ0n) is 9.53. The summed E-state index contributed by atoms with van der Waals surface area (Å²) in [6.45, 7) is 1.93. The van der Waals surface area contributed by atoms with Crippen molar-refractivity contribution in [3.05, 3.63) is 29.3 Å². The Balaban J connectivity index is 2.26. The van der Waals surface area contributed by atoms with Gasteiger partial charge < -0.3 is 4.74 Å². The van der Waals surface area contributed by atoms with E-state index in [4.69, 9.17) is 4.74 Å². The number of ketones is 1. The number of fused-ring (bicyclic) bond motifs is 1. The van der Waals surface area contributed by atoms with E-state index in [9.17, 15) is 9.59 Å². The molecule has 0 saturated carbocycles. The lowest BCUT2D eigenvalue weighted by molar-refractivity contribution is -0.133. The number of aryl methyl sites for hydroxylation is 1. The summed E-state index contributed by atoms with van der Waals surface area (Å²) >= 11 is 2.05. The second-order valence-corrected chi connectivity index (χ2v) is 5.51. The molecule has 0 saturated heterocycles. The number of carbonyl (C=O) groups excluding carboxylic acids is 2. The average Bonchev–Trinajstić information content (AvgIpc) is 2.71. The van der Waals surface area contributed by atoms with Crippen molar-refractivity contribution >= 4 is 34.3 Å². The molecule has 17 heavy (non-hydrogen) atoms. The highest BCUT2D eigenvalue weighted by molar-refractivity contribution is 14.1. The molecule has 0 heterocycles. The van der Waals surface area contributed by atoms with Crippen molar-refractivity contribution in [2.75, 3.05) is 0 Å². The summed E-state index contributed by atoms with van der Waals surface area (Å²) in [5.74, 6) is 0.219. The van der Waals surface area contributed by atoms with E-state index in [1.165, 1.54) is 0 Å². The van der Waals surface area contributed by atoms with Crippen LogP contribution in [0.4, 0.5) is 0 Å². The number of Topliss-reactive ketones (excluding diaryl/α,β-unsaturated/α-hetero) is 1. The van der Waals surface area contributed by atoms with Gasteiger partial charge in [0.05, 0.1) is 5.56 Å². The Bertz CT molecular complexity index is 468. The standard InChI is InChI=1S/C13H13IO3/c1-2-9(14)13(16)17-11-5-3-4-8-6-7-10(15)12(8)11/h3-5,9H,2,6-7H2,1H3. The third-order valence-electron chi connectivity index (χ3n) is 2.84. The first kappa shape index (κ1) is 12.5. The van der Waals surface area contributed by atoms with Gasteiger partial charge in [0, 0.05) is 6.42 Å². The summed E-state index contributed by atoms with van der Waals surface area (Å²) in [6, 6.07) is 5.44. The first-order chi connectivity index (χ1) is 8.13. The van der Waals surface area contributed by atoms with E-state index >= 15 is 0 Å². The van der Waals surface area contributed by atoms with E-state index in [1.54, 1.807) is 6.07 Å². The Labute approximate surface area is 114 Å². The molecule has 1 aliphatic rings. The van der Waals surface area contributed by atoms with E-state index in [2.05, 4.69) is 22.6 Å². The van der Waals surface area contributed by atoms with Crippen molar-refractivity contribution in [1.29, 1.82) is 0 Å². The molecular formula is C13H13IO3. The average molecular weight is 344 g/mol. The monoisotopic (exact) mass is 344 g/mol. The number of benzene rings is 1. The maximum absolute atomic E-state index is 11.7. The maximum Gasteiger partial charge on any atom is 0.324 e. The highest BCUT2D eigenvalue weighted by Gasteiger charge is 2.25. The van der Waals surface area contributed by atoms with E-state index in [0.29, 0.717) is 17.7 Å². The minimum Gasteiger partial charge on any atom is -0.425 e. The number of halogens is 1. The number of esters is 1. The van der Waals surface area contributed by atoms with Gasteiger partial charge in [-0.3, -0.25) is 9.59 Å². The minimum absolute atomic E-state index is 0.0740. The van der Waals surface area contributed by atoms with Gasteiger partial charge in [0.2, 0.25) is 0 Å². The minimum atomic E-state index is -0.277. The van der Waals surface area contributed by atoms with Crippen molar-refractivity contribution in [3.8, 4) is 5.75 Å². The van der Waals surface area contributed by atoms with Gasteiger partial charge in [-0.15, -0.1) is 0 Å². The van der Waals surface area contributed by atoms with Gasteiger partial charge in [-0.05, 0) is 24.5 Å². The molecule has 3 nitrogen and oxygen atoms in total. The number of hydrogen-bond acceptors (Lipinski definition) is 3. The van der Waals surface area contributed by atoms with Gasteiger partial charge in [-0.1, -0.05) is 41.6 Å². The molecule has 90 valence electrons. The second-order valence-electron chi connectivity index (χ2n) is 4.01. The molecule has 1 aromatic carbocycles. The Morgan fingerprint density at radius 2 is 2.24 bits per heavy atom. The molecule has 0 aliphatic heterocycles. The summed E-state index contributed by atoms with van der Waals surface area (Å²) in [6.07, 6.45) is 1.99. The quantitative estimate of drug-likeness (QED) is 0.367. The lowest BCUT2D eigenvalue weighted by Gasteiger charge is -2.10. The van der Waals surface area contributed by atoms with Crippen LogP contribution in [0.1, 0.15) is 35.7 Å². The van der Waals surface area contributed by atoms with Gasteiger partial charge in [0.1, 0.15) is 9.67 Å². The van der Waals surface area contributed by atoms with E-state index in [-0.39, 0.29) is 15.7 Å². The zero-order valence-corrected chi connectivity index (χ0v) is 11.7. The summed E-state index contributed by atoms with van der Waals surface area (Å²) in [5.41, 5.74) is 1.59. The fourth-order valence-electron chi connectivity index (χ4n) is 1.90. The topological polar surface area (TPSA) is 43.4 Å². The normalized spacial score (nSPS) is 15.5. The molecule has 1 atom stereocenters. The van der Waals surface area contributed by atoms with E-state index < -0.39 is 0 Å². The van der Waals surface area contributed by atoms with Crippen LogP contribution in [0.15, 0.2) is 18.2 Å². The van der Waals surface area contributed by atoms with Crippen LogP contribution >= 0.6 is 22.6 Å². The van der Waals surface area contributed by atoms with Crippen molar-refractivity contribution in [2.45, 2.75) is 30.1 Å². The largest absolute Gasteiger partial charge is 0.425 e. The SMILES string of the molecule is CCC(I)C(=O)Oc1cccc2c1C(=O)CC2. The Morgan fingerprint density at radius 3 is 2.94 bits per heavy atom. The van der Waals surface area contributed by atoms with Gasteiger partial charge in [-0.2, -0.15) is 0 Å². The molecule has 0 fully saturated rings. The van der Waals surface area contributed by atoms with Gasteiger partial charge in [-0.25, -0.2) is 0 Å². The smallest absolute Gasteiger partial charge is 0.324 e. The molecule has 0 amide bonds. The number of hydrogen-bond donors (Lipinski definition) is 0. The Hall–Kier alpha value is -0.910. The third kappa shape index (κ3) is 2.51. The van der Waals surface area contributed by atoms with Crippen LogP contribution < -0.4 is 4.74 Å². The number of carbonyl (C=O) groups is 2. The fraction of sp³-hybridized carbons (Fsp3) is 0.385. The zero-order chi connectivity index (χ0) is 12.4. The molecule has 0 spiro atoms. The van der Waals surface area contributed by atoms with Crippen LogP contribution in [-0.4, -0.2) is 15.7 Å². The highest BCUT2D eigenvalue weighted by Crippen LogP contribution is 2.31. The summed E-state index contributed by atoms with van der Waals surface area (Å²) in [7, 11) is 0. The lowest BCUT2D eigenvalue weighted by Crippen LogP contribution is -2.20. The highest BCUT2D eigenvalue weighted by atomic mass is 127. The molecule has 1 aromatic rings. The second kappa shape index (κ2) is 5.16. The Kier molecular flexibility index (Phi) is 3.81. The van der Waals surface area contributed by atoms with Crippen LogP contribution in [0.5, 0.6) is 5.75 Å². The predicted molar refractivity (Wildman–Crippen MR) is 72.8 cm³/mol. The van der Waals surface area contributed by atoms with Crippen molar-refractivity contribution in [1.82, 2.24) is 0 Å². The molecule has 1 unspecified atom stereocenters. The predicted octanol–water partition coefficient (Wildman–Crippen LogP) is 2.93. The van der Waals surface area contributed by atoms with Crippen LogP contribution in [0, 0.1) is 0 Å². The fourth-order valence-corrected chi connectivity index (χ4v) is 2.03. The molecular weight excluding hydrogens is 331 g/mol. The van der Waals surface area contributed by atoms with Gasteiger partial charge >= 0.3 is 5.97 Å². The first-order valence-electron chi connectivity index (χ1n) is 5.64. The van der Waals surface area contributed by atoms with Crippen LogP contribution in [0.2, 0.25) is 0 Å². The number of alkyl halides is 1. The third-order valence-corrected chi connectivity index (χ3v) is 4.23. The molecule has 2 rings (SSSR count). The number of rotatable bonds is 3. The lowest BCUT2D eigenvalue weighted by atomic mass is 10.1. The molecule has 0 bridgehead atoms. The molecule has 0 aromatic heterocycles. The van der Waals surface area contributed by atoms with Gasteiger partial charge in [0.15, 0.2) is 5.78 Å². The number of ether oxygens (including phenoxy) is 1. The van der Waals surface area contributed by atoms with Crippen LogP contribution in [-0.2, 0) is 11.2 Å². The van der Waals surface area contributed by atoms with Crippen LogP contribution in [0.25, 0.3) is 0 Å². The Morgan fingerprint density at radius 1 is 1.47 bits per heavy atom. The summed E-state index contributed by atoms with van der Waals surface area (Å²) in [5, 5.41) is 0. The van der Waals surface area contributed by atoms with E-state index in [1.807, 2.05) is 19.1 Å². The summed E-state index contributed by atoms with van der Waals surface area (Å²) < 4.78 is 5.15. The van der Waals surface area contributed by atoms with E-state index in [0.717, 1.165) is 18.4 Å². The summed E-state index contributed by atoms with van der Waals surface area (Å²) in [4.78, 5) is 23.4. The molecule has 0 N–H and O–H groups in total. The molecule has 0 radical (unpaired) electrons. The van der Waals surface area contributed by atoms with Crippen molar-refractivity contribution < 1.29 is 14.3 Å². The van der Waals surface area contributed by atoms with Gasteiger partial charge in [0.25, 0.3) is 0 Å². The van der Waals surface area contributed by atoms with Crippen molar-refractivity contribution in [2.24, 2.45) is 0 Å². The molecule has 1 aliphatic carbocycles.